The fraction of sp³-hybridized carbons (Fsp3) is 0.312. The summed E-state index contributed by atoms with van der Waals surface area (Å²) in [4.78, 5) is 3.67. The first-order valence-corrected chi connectivity index (χ1v) is 7.38. The molecule has 0 atom stereocenters. The van der Waals surface area contributed by atoms with Gasteiger partial charge in [0.25, 0.3) is 0 Å². The van der Waals surface area contributed by atoms with E-state index in [2.05, 4.69) is 4.98 Å². The van der Waals surface area contributed by atoms with Gasteiger partial charge in [0.15, 0.2) is 6.79 Å². The van der Waals surface area contributed by atoms with Gasteiger partial charge in [-0.25, -0.2) is 4.98 Å². The predicted octanol–water partition coefficient (Wildman–Crippen LogP) is 5.09. The lowest BCUT2D eigenvalue weighted by atomic mass is 10.1. The number of nitrogens with zero attached hydrogens (tertiary/aromatic N) is 1. The standard InChI is InChI=1S/C16H15ClF3NO3/c1-3-10-4-5-12(23-9-22-2)7-14(10)24-15-13(17)6-11(8-21-15)16(18,19)20/h4-8H,3,9H2,1-2H3. The molecule has 0 aliphatic heterocycles. The summed E-state index contributed by atoms with van der Waals surface area (Å²) in [5.74, 6) is 0.788. The zero-order valence-corrected chi connectivity index (χ0v) is 13.7. The third-order valence-corrected chi connectivity index (χ3v) is 3.38. The molecule has 1 heterocycles. The molecule has 0 fully saturated rings. The van der Waals surface area contributed by atoms with Crippen LogP contribution in [0.25, 0.3) is 0 Å². The van der Waals surface area contributed by atoms with Crippen LogP contribution in [0, 0.1) is 0 Å². The lowest BCUT2D eigenvalue weighted by Crippen LogP contribution is -2.06. The van der Waals surface area contributed by atoms with Crippen molar-refractivity contribution >= 4 is 11.6 Å². The highest BCUT2D eigenvalue weighted by Crippen LogP contribution is 2.36. The maximum atomic E-state index is 12.6. The average molecular weight is 362 g/mol. The summed E-state index contributed by atoms with van der Waals surface area (Å²) in [5, 5.41) is -0.227. The molecule has 1 aromatic heterocycles. The van der Waals surface area contributed by atoms with Crippen LogP contribution in [0.1, 0.15) is 18.1 Å². The summed E-state index contributed by atoms with van der Waals surface area (Å²) < 4.78 is 53.7. The van der Waals surface area contributed by atoms with Crippen LogP contribution in [0.4, 0.5) is 13.2 Å². The molecular weight excluding hydrogens is 347 g/mol. The van der Waals surface area contributed by atoms with Crippen molar-refractivity contribution in [2.75, 3.05) is 13.9 Å². The molecule has 0 N–H and O–H groups in total. The Morgan fingerprint density at radius 1 is 1.21 bits per heavy atom. The smallest absolute Gasteiger partial charge is 0.417 e. The minimum absolute atomic E-state index is 0.0597. The van der Waals surface area contributed by atoms with Crippen molar-refractivity contribution in [3.05, 3.63) is 46.6 Å². The number of pyridine rings is 1. The van der Waals surface area contributed by atoms with E-state index >= 15 is 0 Å². The molecule has 0 saturated carbocycles. The van der Waals surface area contributed by atoms with Crippen molar-refractivity contribution in [2.24, 2.45) is 0 Å². The normalized spacial score (nSPS) is 11.4. The summed E-state index contributed by atoms with van der Waals surface area (Å²) in [7, 11) is 1.49. The number of methoxy groups -OCH3 is 1. The minimum Gasteiger partial charge on any atom is -0.467 e. The topological polar surface area (TPSA) is 40.6 Å². The molecular formula is C16H15ClF3NO3. The van der Waals surface area contributed by atoms with Gasteiger partial charge < -0.3 is 14.2 Å². The van der Waals surface area contributed by atoms with Crippen LogP contribution in [-0.4, -0.2) is 18.9 Å². The summed E-state index contributed by atoms with van der Waals surface area (Å²) in [5.41, 5.74) is -0.106. The average Bonchev–Trinajstić information content (AvgIpc) is 2.54. The Morgan fingerprint density at radius 3 is 2.54 bits per heavy atom. The van der Waals surface area contributed by atoms with Crippen molar-refractivity contribution in [3.8, 4) is 17.4 Å². The van der Waals surface area contributed by atoms with Crippen LogP contribution in [0.3, 0.4) is 0 Å². The van der Waals surface area contributed by atoms with Crippen molar-refractivity contribution in [3.63, 3.8) is 0 Å². The third kappa shape index (κ3) is 4.52. The van der Waals surface area contributed by atoms with E-state index in [1.807, 2.05) is 6.92 Å². The van der Waals surface area contributed by atoms with Crippen molar-refractivity contribution in [2.45, 2.75) is 19.5 Å². The summed E-state index contributed by atoms with van der Waals surface area (Å²) in [6.07, 6.45) is -3.19. The van der Waals surface area contributed by atoms with Gasteiger partial charge in [-0.3, -0.25) is 0 Å². The largest absolute Gasteiger partial charge is 0.467 e. The molecule has 2 rings (SSSR count). The number of hydrogen-bond donors (Lipinski definition) is 0. The van der Waals surface area contributed by atoms with Gasteiger partial charge in [-0.15, -0.1) is 0 Å². The first-order valence-electron chi connectivity index (χ1n) is 7.00. The molecule has 0 aliphatic rings. The second-order valence-corrected chi connectivity index (χ2v) is 5.19. The Bertz CT molecular complexity index is 707. The van der Waals surface area contributed by atoms with E-state index in [-0.39, 0.29) is 17.7 Å². The molecule has 2 aromatic rings. The molecule has 4 nitrogen and oxygen atoms in total. The number of benzene rings is 1. The Hall–Kier alpha value is -1.99. The quantitative estimate of drug-likeness (QED) is 0.672. The van der Waals surface area contributed by atoms with E-state index < -0.39 is 11.7 Å². The summed E-state index contributed by atoms with van der Waals surface area (Å²) in [6, 6.07) is 5.92. The highest BCUT2D eigenvalue weighted by atomic mass is 35.5. The lowest BCUT2D eigenvalue weighted by molar-refractivity contribution is -0.137. The molecule has 24 heavy (non-hydrogen) atoms. The Kier molecular flexibility index (Phi) is 5.90. The first-order chi connectivity index (χ1) is 11.3. The van der Waals surface area contributed by atoms with Crippen molar-refractivity contribution in [1.82, 2.24) is 4.98 Å². The highest BCUT2D eigenvalue weighted by molar-refractivity contribution is 6.31. The molecule has 130 valence electrons. The summed E-state index contributed by atoms with van der Waals surface area (Å²) in [6.45, 7) is 1.98. The molecule has 0 radical (unpaired) electrons. The third-order valence-electron chi connectivity index (χ3n) is 3.10. The Morgan fingerprint density at radius 2 is 1.96 bits per heavy atom. The zero-order valence-electron chi connectivity index (χ0n) is 13.0. The summed E-state index contributed by atoms with van der Waals surface area (Å²) >= 11 is 5.87. The van der Waals surface area contributed by atoms with Gasteiger partial charge in [0, 0.05) is 19.4 Å². The van der Waals surface area contributed by atoms with Crippen LogP contribution in [0.5, 0.6) is 17.4 Å². The number of aryl methyl sites for hydroxylation is 1. The van der Waals surface area contributed by atoms with E-state index in [1.54, 1.807) is 18.2 Å². The zero-order chi connectivity index (χ0) is 17.7. The van der Waals surface area contributed by atoms with Gasteiger partial charge in [0.2, 0.25) is 5.88 Å². The number of halogens is 4. The van der Waals surface area contributed by atoms with E-state index in [0.29, 0.717) is 24.1 Å². The molecule has 0 spiro atoms. The number of rotatable bonds is 6. The number of ether oxygens (including phenoxy) is 3. The van der Waals surface area contributed by atoms with Gasteiger partial charge in [-0.2, -0.15) is 13.2 Å². The van der Waals surface area contributed by atoms with Crippen LogP contribution >= 0.6 is 11.6 Å². The van der Waals surface area contributed by atoms with Gasteiger partial charge in [0.05, 0.1) is 5.56 Å². The molecule has 0 unspecified atom stereocenters. The van der Waals surface area contributed by atoms with Gasteiger partial charge in [0.1, 0.15) is 16.5 Å². The van der Waals surface area contributed by atoms with Crippen LogP contribution < -0.4 is 9.47 Å². The van der Waals surface area contributed by atoms with Crippen LogP contribution in [0.2, 0.25) is 5.02 Å². The molecule has 1 aromatic carbocycles. The van der Waals surface area contributed by atoms with Gasteiger partial charge in [-0.05, 0) is 24.1 Å². The van der Waals surface area contributed by atoms with Crippen LogP contribution in [-0.2, 0) is 17.3 Å². The minimum atomic E-state index is -4.52. The van der Waals surface area contributed by atoms with Crippen LogP contribution in [0.15, 0.2) is 30.5 Å². The monoisotopic (exact) mass is 361 g/mol. The lowest BCUT2D eigenvalue weighted by Gasteiger charge is -2.14. The van der Waals surface area contributed by atoms with E-state index in [1.165, 1.54) is 7.11 Å². The molecule has 0 amide bonds. The van der Waals surface area contributed by atoms with Crippen molar-refractivity contribution in [1.29, 1.82) is 0 Å². The van der Waals surface area contributed by atoms with E-state index in [4.69, 9.17) is 25.8 Å². The second kappa shape index (κ2) is 7.72. The molecule has 0 saturated heterocycles. The fourth-order valence-corrected chi connectivity index (χ4v) is 2.10. The van der Waals surface area contributed by atoms with E-state index in [9.17, 15) is 13.2 Å². The Balaban J connectivity index is 2.29. The number of aromatic nitrogens is 1. The molecule has 0 aliphatic carbocycles. The van der Waals surface area contributed by atoms with E-state index in [0.717, 1.165) is 11.6 Å². The molecule has 0 bridgehead atoms. The maximum absolute atomic E-state index is 12.6. The maximum Gasteiger partial charge on any atom is 0.417 e. The highest BCUT2D eigenvalue weighted by Gasteiger charge is 2.31. The van der Waals surface area contributed by atoms with Crippen molar-refractivity contribution < 1.29 is 27.4 Å². The van der Waals surface area contributed by atoms with Gasteiger partial charge >= 0.3 is 6.18 Å². The number of alkyl halides is 3. The molecule has 8 heteroatoms. The fourth-order valence-electron chi connectivity index (χ4n) is 1.90. The number of hydrogen-bond acceptors (Lipinski definition) is 4. The van der Waals surface area contributed by atoms with Gasteiger partial charge in [-0.1, -0.05) is 24.6 Å². The first kappa shape index (κ1) is 18.4. The second-order valence-electron chi connectivity index (χ2n) is 4.78. The Labute approximate surface area is 142 Å². The SMILES string of the molecule is CCc1ccc(OCOC)cc1Oc1ncc(C(F)(F)F)cc1Cl. The predicted molar refractivity (Wildman–Crippen MR) is 82.6 cm³/mol.